The minimum atomic E-state index is 0.00431. The minimum Gasteiger partial charge on any atom is -0.383 e. The lowest BCUT2D eigenvalue weighted by atomic mass is 10.0. The van der Waals surface area contributed by atoms with E-state index in [-0.39, 0.29) is 18.0 Å². The second-order valence-electron chi connectivity index (χ2n) is 4.07. The lowest BCUT2D eigenvalue weighted by Gasteiger charge is -2.25. The van der Waals surface area contributed by atoms with Crippen LogP contribution in [0.1, 0.15) is 32.6 Å². The van der Waals surface area contributed by atoms with Crippen LogP contribution in [0.5, 0.6) is 0 Å². The molecule has 1 amide bonds. The molecule has 15 heavy (non-hydrogen) atoms. The molecule has 0 aromatic rings. The van der Waals surface area contributed by atoms with Crippen molar-refractivity contribution in [2.24, 2.45) is 0 Å². The van der Waals surface area contributed by atoms with E-state index in [1.54, 1.807) is 7.11 Å². The van der Waals surface area contributed by atoms with E-state index in [1.807, 2.05) is 0 Å². The highest BCUT2D eigenvalue weighted by Crippen LogP contribution is 2.07. The number of nitrogens with one attached hydrogen (secondary N) is 2. The Morgan fingerprint density at radius 2 is 2.40 bits per heavy atom. The Hall–Kier alpha value is -0.610. The van der Waals surface area contributed by atoms with Crippen molar-refractivity contribution in [3.05, 3.63) is 0 Å². The van der Waals surface area contributed by atoms with E-state index < -0.39 is 0 Å². The second kappa shape index (κ2) is 6.80. The van der Waals surface area contributed by atoms with Crippen LogP contribution < -0.4 is 10.6 Å². The highest BCUT2D eigenvalue weighted by Gasteiger charge is 2.22. The third-order valence-corrected chi connectivity index (χ3v) is 2.83. The largest absolute Gasteiger partial charge is 0.383 e. The van der Waals surface area contributed by atoms with Crippen molar-refractivity contribution in [3.63, 3.8) is 0 Å². The lowest BCUT2D eigenvalue weighted by Crippen LogP contribution is -2.50. The van der Waals surface area contributed by atoms with Gasteiger partial charge in [0.05, 0.1) is 18.7 Å². The van der Waals surface area contributed by atoms with Crippen LogP contribution in [-0.2, 0) is 9.53 Å². The third-order valence-electron chi connectivity index (χ3n) is 2.83. The molecule has 1 fully saturated rings. The normalized spacial score (nSPS) is 23.5. The Labute approximate surface area is 91.8 Å². The number of hydrogen-bond donors (Lipinski definition) is 2. The maximum absolute atomic E-state index is 11.8. The Bertz CT molecular complexity index is 191. The average molecular weight is 214 g/mol. The van der Waals surface area contributed by atoms with E-state index in [0.717, 1.165) is 25.8 Å². The van der Waals surface area contributed by atoms with Gasteiger partial charge in [-0.1, -0.05) is 13.3 Å². The van der Waals surface area contributed by atoms with Crippen LogP contribution >= 0.6 is 0 Å². The van der Waals surface area contributed by atoms with E-state index in [9.17, 15) is 4.79 Å². The van der Waals surface area contributed by atoms with Gasteiger partial charge in [0.1, 0.15) is 0 Å². The Balaban J connectivity index is 2.31. The number of piperidine rings is 1. The Morgan fingerprint density at radius 3 is 2.93 bits per heavy atom. The van der Waals surface area contributed by atoms with Gasteiger partial charge in [-0.3, -0.25) is 4.79 Å². The van der Waals surface area contributed by atoms with Gasteiger partial charge in [0, 0.05) is 7.11 Å². The summed E-state index contributed by atoms with van der Waals surface area (Å²) in [6, 6.07) is 0.149. The summed E-state index contributed by atoms with van der Waals surface area (Å²) in [4.78, 5) is 11.8. The standard InChI is InChI=1S/C11H22N2O2/c1-3-9(8-15-2)13-11(14)10-6-4-5-7-12-10/h9-10,12H,3-8H2,1-2H3,(H,13,14)/t9?,10-/m1/s1. The number of carbonyl (C=O) groups excluding carboxylic acids is 1. The van der Waals surface area contributed by atoms with Crippen molar-refractivity contribution in [3.8, 4) is 0 Å². The number of hydrogen-bond acceptors (Lipinski definition) is 3. The second-order valence-corrected chi connectivity index (χ2v) is 4.07. The van der Waals surface area contributed by atoms with Gasteiger partial charge >= 0.3 is 0 Å². The van der Waals surface area contributed by atoms with Crippen molar-refractivity contribution in [1.82, 2.24) is 10.6 Å². The van der Waals surface area contributed by atoms with Crippen molar-refractivity contribution >= 4 is 5.91 Å². The zero-order valence-corrected chi connectivity index (χ0v) is 9.71. The van der Waals surface area contributed by atoms with Crippen LogP contribution in [0.2, 0.25) is 0 Å². The van der Waals surface area contributed by atoms with Gasteiger partial charge in [0.15, 0.2) is 0 Å². The highest BCUT2D eigenvalue weighted by atomic mass is 16.5. The first-order chi connectivity index (χ1) is 7.27. The molecule has 0 spiro atoms. The fourth-order valence-electron chi connectivity index (χ4n) is 1.84. The minimum absolute atomic E-state index is 0.00431. The lowest BCUT2D eigenvalue weighted by molar-refractivity contribution is -0.124. The molecular weight excluding hydrogens is 192 g/mol. The summed E-state index contributed by atoms with van der Waals surface area (Å²) in [6.07, 6.45) is 4.19. The number of rotatable bonds is 5. The van der Waals surface area contributed by atoms with E-state index in [0.29, 0.717) is 6.61 Å². The fourth-order valence-corrected chi connectivity index (χ4v) is 1.84. The van der Waals surface area contributed by atoms with E-state index in [4.69, 9.17) is 4.74 Å². The first-order valence-corrected chi connectivity index (χ1v) is 5.80. The maximum Gasteiger partial charge on any atom is 0.237 e. The molecule has 1 unspecified atom stereocenters. The summed E-state index contributed by atoms with van der Waals surface area (Å²) < 4.78 is 5.05. The summed E-state index contributed by atoms with van der Waals surface area (Å²) in [5, 5.41) is 6.25. The summed E-state index contributed by atoms with van der Waals surface area (Å²) in [6.45, 7) is 3.60. The molecule has 4 nitrogen and oxygen atoms in total. The molecule has 4 heteroatoms. The monoisotopic (exact) mass is 214 g/mol. The number of carbonyl (C=O) groups is 1. The predicted molar refractivity (Wildman–Crippen MR) is 59.7 cm³/mol. The average Bonchev–Trinajstić information content (AvgIpc) is 2.29. The zero-order valence-electron chi connectivity index (χ0n) is 9.71. The summed E-state index contributed by atoms with van der Waals surface area (Å²) >= 11 is 0. The molecule has 1 rings (SSSR count). The molecule has 0 aliphatic carbocycles. The summed E-state index contributed by atoms with van der Waals surface area (Å²) in [7, 11) is 1.66. The molecule has 2 N–H and O–H groups in total. The van der Waals surface area contributed by atoms with Gasteiger partial charge in [-0.25, -0.2) is 0 Å². The molecule has 0 saturated carbocycles. The summed E-state index contributed by atoms with van der Waals surface area (Å²) in [5.74, 6) is 0.124. The molecule has 0 radical (unpaired) electrons. The quantitative estimate of drug-likeness (QED) is 0.707. The van der Waals surface area contributed by atoms with Crippen molar-refractivity contribution in [1.29, 1.82) is 0 Å². The van der Waals surface area contributed by atoms with E-state index in [1.165, 1.54) is 6.42 Å². The van der Waals surface area contributed by atoms with Crippen LogP contribution in [-0.4, -0.2) is 38.3 Å². The van der Waals surface area contributed by atoms with Gasteiger partial charge < -0.3 is 15.4 Å². The van der Waals surface area contributed by atoms with Crippen molar-refractivity contribution < 1.29 is 9.53 Å². The number of methoxy groups -OCH3 is 1. The molecule has 1 heterocycles. The molecular formula is C11H22N2O2. The molecule has 0 bridgehead atoms. The topological polar surface area (TPSA) is 50.4 Å². The summed E-state index contributed by atoms with van der Waals surface area (Å²) in [5.41, 5.74) is 0. The van der Waals surface area contributed by atoms with Crippen LogP contribution in [0.25, 0.3) is 0 Å². The molecule has 1 aliphatic heterocycles. The van der Waals surface area contributed by atoms with Crippen LogP contribution in [0.3, 0.4) is 0 Å². The van der Waals surface area contributed by atoms with Crippen molar-refractivity contribution in [2.75, 3.05) is 20.3 Å². The van der Waals surface area contributed by atoms with Crippen LogP contribution in [0.4, 0.5) is 0 Å². The van der Waals surface area contributed by atoms with E-state index in [2.05, 4.69) is 17.6 Å². The van der Waals surface area contributed by atoms with Gasteiger partial charge in [-0.2, -0.15) is 0 Å². The Morgan fingerprint density at radius 1 is 1.60 bits per heavy atom. The molecule has 1 saturated heterocycles. The predicted octanol–water partition coefficient (Wildman–Crippen LogP) is 0.670. The smallest absolute Gasteiger partial charge is 0.237 e. The molecule has 88 valence electrons. The Kier molecular flexibility index (Phi) is 5.65. The van der Waals surface area contributed by atoms with Crippen LogP contribution in [0, 0.1) is 0 Å². The van der Waals surface area contributed by atoms with Crippen LogP contribution in [0.15, 0.2) is 0 Å². The number of amides is 1. The number of ether oxygens (including phenoxy) is 1. The van der Waals surface area contributed by atoms with Gasteiger partial charge in [-0.05, 0) is 25.8 Å². The molecule has 1 aliphatic rings. The van der Waals surface area contributed by atoms with E-state index >= 15 is 0 Å². The van der Waals surface area contributed by atoms with Gasteiger partial charge in [0.25, 0.3) is 0 Å². The van der Waals surface area contributed by atoms with Gasteiger partial charge in [-0.15, -0.1) is 0 Å². The zero-order chi connectivity index (χ0) is 11.1. The van der Waals surface area contributed by atoms with Crippen molar-refractivity contribution in [2.45, 2.75) is 44.7 Å². The maximum atomic E-state index is 11.8. The molecule has 0 aromatic heterocycles. The highest BCUT2D eigenvalue weighted by molar-refractivity contribution is 5.82. The molecule has 0 aromatic carbocycles. The first kappa shape index (κ1) is 12.5. The SMILES string of the molecule is CCC(COC)NC(=O)[C@H]1CCCCN1. The third kappa shape index (κ3) is 4.18. The first-order valence-electron chi connectivity index (χ1n) is 5.80. The van der Waals surface area contributed by atoms with Gasteiger partial charge in [0.2, 0.25) is 5.91 Å². The fraction of sp³-hybridized carbons (Fsp3) is 0.909. The molecule has 2 atom stereocenters.